The van der Waals surface area contributed by atoms with Gasteiger partial charge in [-0.15, -0.1) is 0 Å². The molecule has 0 saturated heterocycles. The van der Waals surface area contributed by atoms with Crippen molar-refractivity contribution in [2.24, 2.45) is 0 Å². The van der Waals surface area contributed by atoms with Crippen LogP contribution in [0.4, 0.5) is 10.5 Å². The lowest BCUT2D eigenvalue weighted by Gasteiger charge is -2.19. The van der Waals surface area contributed by atoms with E-state index in [4.69, 9.17) is 5.11 Å². The minimum atomic E-state index is -1.25. The zero-order valence-corrected chi connectivity index (χ0v) is 12.5. The SMILES string of the molecule is CN(C)CCCN(C)C(=O)Nc1ccc(O)c(C(=O)O)c1. The van der Waals surface area contributed by atoms with Crippen molar-refractivity contribution in [2.45, 2.75) is 6.42 Å². The first-order valence-electron chi connectivity index (χ1n) is 6.54. The molecule has 1 aromatic carbocycles. The van der Waals surface area contributed by atoms with E-state index in [1.807, 2.05) is 19.0 Å². The van der Waals surface area contributed by atoms with E-state index in [2.05, 4.69) is 5.32 Å². The van der Waals surface area contributed by atoms with Crippen LogP contribution in [0.5, 0.6) is 5.75 Å². The number of aromatic carboxylic acids is 1. The number of phenols is 1. The maximum Gasteiger partial charge on any atom is 0.339 e. The Morgan fingerprint density at radius 3 is 2.43 bits per heavy atom. The molecule has 0 saturated carbocycles. The van der Waals surface area contributed by atoms with Crippen molar-refractivity contribution in [1.82, 2.24) is 9.80 Å². The third kappa shape index (κ3) is 5.31. The van der Waals surface area contributed by atoms with Crippen molar-refractivity contribution in [3.05, 3.63) is 23.8 Å². The van der Waals surface area contributed by atoms with Gasteiger partial charge < -0.3 is 25.3 Å². The summed E-state index contributed by atoms with van der Waals surface area (Å²) in [5, 5.41) is 20.9. The van der Waals surface area contributed by atoms with Gasteiger partial charge in [-0.25, -0.2) is 9.59 Å². The molecule has 1 aromatic rings. The lowest BCUT2D eigenvalue weighted by molar-refractivity contribution is 0.0693. The second-order valence-electron chi connectivity index (χ2n) is 5.05. The molecule has 7 nitrogen and oxygen atoms in total. The summed E-state index contributed by atoms with van der Waals surface area (Å²) in [6.07, 6.45) is 0.840. The minimum absolute atomic E-state index is 0.247. The molecule has 0 spiro atoms. The van der Waals surface area contributed by atoms with Gasteiger partial charge in [-0.05, 0) is 45.3 Å². The molecule has 116 valence electrons. The van der Waals surface area contributed by atoms with Gasteiger partial charge in [0.05, 0.1) is 0 Å². The summed E-state index contributed by atoms with van der Waals surface area (Å²) in [6.45, 7) is 1.47. The predicted molar refractivity (Wildman–Crippen MR) is 79.9 cm³/mol. The van der Waals surface area contributed by atoms with Gasteiger partial charge in [0.15, 0.2) is 0 Å². The maximum atomic E-state index is 11.9. The number of nitrogens with zero attached hydrogens (tertiary/aromatic N) is 2. The molecule has 7 heteroatoms. The third-order valence-corrected chi connectivity index (χ3v) is 2.92. The van der Waals surface area contributed by atoms with Crippen molar-refractivity contribution in [3.8, 4) is 5.75 Å². The fourth-order valence-electron chi connectivity index (χ4n) is 1.73. The number of carbonyl (C=O) groups is 2. The number of amides is 2. The number of carboxylic acid groups (broad SMARTS) is 1. The molecule has 0 unspecified atom stereocenters. The van der Waals surface area contributed by atoms with Crippen LogP contribution in [0, 0.1) is 0 Å². The molecule has 0 bridgehead atoms. The fourth-order valence-corrected chi connectivity index (χ4v) is 1.73. The normalized spacial score (nSPS) is 10.5. The highest BCUT2D eigenvalue weighted by molar-refractivity contribution is 5.95. The summed E-state index contributed by atoms with van der Waals surface area (Å²) in [5.74, 6) is -1.58. The van der Waals surface area contributed by atoms with Crippen LogP contribution in [0.25, 0.3) is 0 Å². The molecule has 1 rings (SSSR count). The molecular formula is C14H21N3O4. The first-order valence-corrected chi connectivity index (χ1v) is 6.54. The Kier molecular flexibility index (Phi) is 5.98. The Morgan fingerprint density at radius 1 is 1.19 bits per heavy atom. The molecular weight excluding hydrogens is 274 g/mol. The van der Waals surface area contributed by atoms with E-state index in [9.17, 15) is 14.7 Å². The van der Waals surface area contributed by atoms with Gasteiger partial charge >= 0.3 is 12.0 Å². The molecule has 0 atom stereocenters. The summed E-state index contributed by atoms with van der Waals surface area (Å²) in [7, 11) is 5.59. The monoisotopic (exact) mass is 295 g/mol. The van der Waals surface area contributed by atoms with Gasteiger partial charge in [0.2, 0.25) is 0 Å². The predicted octanol–water partition coefficient (Wildman–Crippen LogP) is 1.51. The summed E-state index contributed by atoms with van der Waals surface area (Å²) in [6, 6.07) is 3.59. The second-order valence-corrected chi connectivity index (χ2v) is 5.05. The number of hydrogen-bond donors (Lipinski definition) is 3. The first kappa shape index (κ1) is 16.8. The Balaban J connectivity index is 2.62. The Bertz CT molecular complexity index is 517. The van der Waals surface area contributed by atoms with Crippen molar-refractivity contribution in [2.75, 3.05) is 39.5 Å². The number of hydrogen-bond acceptors (Lipinski definition) is 4. The van der Waals surface area contributed by atoms with Crippen LogP contribution in [-0.2, 0) is 0 Å². The molecule has 0 aliphatic carbocycles. The van der Waals surface area contributed by atoms with Crippen molar-refractivity contribution in [1.29, 1.82) is 0 Å². The lowest BCUT2D eigenvalue weighted by atomic mass is 10.2. The van der Waals surface area contributed by atoms with Crippen LogP contribution in [0.15, 0.2) is 18.2 Å². The maximum absolute atomic E-state index is 11.9. The highest BCUT2D eigenvalue weighted by Crippen LogP contribution is 2.21. The number of carbonyl (C=O) groups excluding carboxylic acids is 1. The quantitative estimate of drug-likeness (QED) is 0.692. The average molecular weight is 295 g/mol. The van der Waals surface area contributed by atoms with E-state index < -0.39 is 5.97 Å². The zero-order valence-electron chi connectivity index (χ0n) is 12.5. The van der Waals surface area contributed by atoms with Crippen LogP contribution in [0.3, 0.4) is 0 Å². The zero-order chi connectivity index (χ0) is 16.0. The van der Waals surface area contributed by atoms with Crippen molar-refractivity contribution < 1.29 is 19.8 Å². The summed E-state index contributed by atoms with van der Waals surface area (Å²) in [4.78, 5) is 26.4. The van der Waals surface area contributed by atoms with Crippen molar-refractivity contribution in [3.63, 3.8) is 0 Å². The summed E-state index contributed by atoms with van der Waals surface area (Å²) < 4.78 is 0. The molecule has 0 aromatic heterocycles. The molecule has 0 aliphatic rings. The van der Waals surface area contributed by atoms with Gasteiger partial charge in [0.25, 0.3) is 0 Å². The Morgan fingerprint density at radius 2 is 1.86 bits per heavy atom. The highest BCUT2D eigenvalue weighted by atomic mass is 16.4. The molecule has 21 heavy (non-hydrogen) atoms. The lowest BCUT2D eigenvalue weighted by Crippen LogP contribution is -2.33. The van der Waals surface area contributed by atoms with Crippen LogP contribution in [0.2, 0.25) is 0 Å². The van der Waals surface area contributed by atoms with E-state index >= 15 is 0 Å². The molecule has 0 fully saturated rings. The highest BCUT2D eigenvalue weighted by Gasteiger charge is 2.13. The van der Waals surface area contributed by atoms with Gasteiger partial charge in [-0.2, -0.15) is 0 Å². The van der Waals surface area contributed by atoms with E-state index in [-0.39, 0.29) is 17.3 Å². The van der Waals surface area contributed by atoms with E-state index in [0.29, 0.717) is 12.2 Å². The van der Waals surface area contributed by atoms with Gasteiger partial charge in [0.1, 0.15) is 11.3 Å². The van der Waals surface area contributed by atoms with Gasteiger partial charge in [-0.3, -0.25) is 0 Å². The van der Waals surface area contributed by atoms with Crippen LogP contribution in [0.1, 0.15) is 16.8 Å². The molecule has 3 N–H and O–H groups in total. The molecule has 0 radical (unpaired) electrons. The number of rotatable bonds is 6. The second kappa shape index (κ2) is 7.49. The van der Waals surface area contributed by atoms with Crippen LogP contribution < -0.4 is 5.32 Å². The smallest absolute Gasteiger partial charge is 0.339 e. The largest absolute Gasteiger partial charge is 0.507 e. The minimum Gasteiger partial charge on any atom is -0.507 e. The summed E-state index contributed by atoms with van der Waals surface area (Å²) >= 11 is 0. The average Bonchev–Trinajstić information content (AvgIpc) is 2.40. The topological polar surface area (TPSA) is 93.1 Å². The number of nitrogens with one attached hydrogen (secondary N) is 1. The van der Waals surface area contributed by atoms with Crippen molar-refractivity contribution >= 4 is 17.7 Å². The number of benzene rings is 1. The van der Waals surface area contributed by atoms with E-state index in [0.717, 1.165) is 13.0 Å². The fraction of sp³-hybridized carbons (Fsp3) is 0.429. The number of urea groups is 1. The van der Waals surface area contributed by atoms with E-state index in [1.54, 1.807) is 7.05 Å². The Labute approximate surface area is 123 Å². The number of carboxylic acids is 1. The molecule has 0 heterocycles. The number of anilines is 1. The van der Waals surface area contributed by atoms with Crippen LogP contribution >= 0.6 is 0 Å². The van der Waals surface area contributed by atoms with Gasteiger partial charge in [-0.1, -0.05) is 0 Å². The molecule has 2 amide bonds. The number of aromatic hydroxyl groups is 1. The Hall–Kier alpha value is -2.28. The molecule has 0 aliphatic heterocycles. The standard InChI is InChI=1S/C14H21N3O4/c1-16(2)7-4-8-17(3)14(21)15-10-5-6-12(18)11(9-10)13(19)20/h5-6,9,18H,4,7-8H2,1-3H3,(H,15,21)(H,19,20). The third-order valence-electron chi connectivity index (χ3n) is 2.92. The first-order chi connectivity index (χ1) is 9.81. The van der Waals surface area contributed by atoms with E-state index in [1.165, 1.54) is 23.1 Å². The summed E-state index contributed by atoms with van der Waals surface area (Å²) in [5.41, 5.74) is 0.0812. The van der Waals surface area contributed by atoms with Gasteiger partial charge in [0, 0.05) is 19.3 Å². The van der Waals surface area contributed by atoms with Crippen LogP contribution in [-0.4, -0.2) is 66.2 Å².